The summed E-state index contributed by atoms with van der Waals surface area (Å²) in [6.45, 7) is 6.67. The highest BCUT2D eigenvalue weighted by atomic mass is 32.1. The first kappa shape index (κ1) is 21.2. The van der Waals surface area contributed by atoms with Gasteiger partial charge in [0.1, 0.15) is 0 Å². The molecular weight excluding hydrogens is 360 g/mol. The van der Waals surface area contributed by atoms with Gasteiger partial charge in [0.25, 0.3) is 0 Å². The summed E-state index contributed by atoms with van der Waals surface area (Å²) < 4.78 is 9.73. The molecule has 0 fully saturated rings. The lowest BCUT2D eigenvalue weighted by atomic mass is 10.2. The van der Waals surface area contributed by atoms with Gasteiger partial charge in [-0.3, -0.25) is 15.4 Å². The van der Waals surface area contributed by atoms with Crippen LogP contribution < -0.4 is 21.3 Å². The van der Waals surface area contributed by atoms with Crippen LogP contribution in [0, 0.1) is 0 Å². The first-order chi connectivity index (χ1) is 12.2. The van der Waals surface area contributed by atoms with Crippen molar-refractivity contribution in [2.24, 2.45) is 0 Å². The number of rotatable bonds is 5. The van der Waals surface area contributed by atoms with Crippen LogP contribution in [0.3, 0.4) is 0 Å². The predicted molar refractivity (Wildman–Crippen MR) is 102 cm³/mol. The number of alkyl carbamates (subject to hydrolysis) is 1. The Kier molecular flexibility index (Phi) is 8.29. The SMILES string of the molecule is CCOC(=O)NC(=S)Nc1ccc(NC(=O)OC(C)C)cc1NC(C)=O. The quantitative estimate of drug-likeness (QED) is 0.578. The van der Waals surface area contributed by atoms with Crippen LogP contribution >= 0.6 is 12.2 Å². The maximum Gasteiger partial charge on any atom is 0.413 e. The van der Waals surface area contributed by atoms with Crippen molar-refractivity contribution >= 4 is 52.5 Å². The summed E-state index contributed by atoms with van der Waals surface area (Å²) in [5.41, 5.74) is 1.19. The standard InChI is InChI=1S/C16H22N4O5S/c1-5-24-15(22)20-14(26)19-12-7-6-11(8-13(12)17-10(4)21)18-16(23)25-9(2)3/h6-9H,5H2,1-4H3,(H,17,21)(H,18,23)(H2,19,20,22,26). The minimum absolute atomic E-state index is 0.00465. The summed E-state index contributed by atoms with van der Waals surface area (Å²) in [6.07, 6.45) is -1.58. The zero-order valence-electron chi connectivity index (χ0n) is 15.0. The Labute approximate surface area is 156 Å². The van der Waals surface area contributed by atoms with Gasteiger partial charge in [0.05, 0.1) is 24.1 Å². The van der Waals surface area contributed by atoms with Crippen molar-refractivity contribution in [3.05, 3.63) is 18.2 Å². The molecule has 0 unspecified atom stereocenters. The van der Waals surface area contributed by atoms with E-state index < -0.39 is 12.2 Å². The van der Waals surface area contributed by atoms with Crippen LogP contribution in [0.25, 0.3) is 0 Å². The van der Waals surface area contributed by atoms with Gasteiger partial charge in [-0.15, -0.1) is 0 Å². The molecule has 4 N–H and O–H groups in total. The molecule has 3 amide bonds. The van der Waals surface area contributed by atoms with Crippen molar-refractivity contribution in [2.75, 3.05) is 22.6 Å². The number of nitrogens with one attached hydrogen (secondary N) is 4. The number of hydrogen-bond acceptors (Lipinski definition) is 6. The number of thiocarbonyl (C=S) groups is 1. The van der Waals surface area contributed by atoms with E-state index in [1.165, 1.54) is 13.0 Å². The number of ether oxygens (including phenoxy) is 2. The maximum absolute atomic E-state index is 11.7. The van der Waals surface area contributed by atoms with Gasteiger partial charge in [0.2, 0.25) is 5.91 Å². The van der Waals surface area contributed by atoms with Gasteiger partial charge in [-0.1, -0.05) is 0 Å². The fourth-order valence-electron chi connectivity index (χ4n) is 1.80. The van der Waals surface area contributed by atoms with E-state index in [4.69, 9.17) is 21.7 Å². The smallest absolute Gasteiger partial charge is 0.413 e. The van der Waals surface area contributed by atoms with Crippen LogP contribution in [0.2, 0.25) is 0 Å². The zero-order chi connectivity index (χ0) is 19.7. The van der Waals surface area contributed by atoms with Gasteiger partial charge in [-0.25, -0.2) is 9.59 Å². The Hall–Kier alpha value is -2.88. The van der Waals surface area contributed by atoms with Crippen molar-refractivity contribution in [1.82, 2.24) is 5.32 Å². The molecule has 0 bridgehead atoms. The Bertz CT molecular complexity index is 693. The summed E-state index contributed by atoms with van der Waals surface area (Å²) in [7, 11) is 0. The molecule has 0 radical (unpaired) electrons. The minimum atomic E-state index is -0.694. The number of hydrogen-bond donors (Lipinski definition) is 4. The molecule has 0 aliphatic heterocycles. The largest absolute Gasteiger partial charge is 0.450 e. The van der Waals surface area contributed by atoms with Crippen LogP contribution in [-0.4, -0.2) is 35.9 Å². The lowest BCUT2D eigenvalue weighted by molar-refractivity contribution is -0.114. The number of carbonyl (C=O) groups is 3. The van der Waals surface area contributed by atoms with Crippen LogP contribution in [0.4, 0.5) is 26.7 Å². The summed E-state index contributed by atoms with van der Waals surface area (Å²) >= 11 is 5.02. The van der Waals surface area contributed by atoms with E-state index in [0.29, 0.717) is 17.1 Å². The molecule has 0 atom stereocenters. The predicted octanol–water partition coefficient (Wildman–Crippen LogP) is 3.04. The van der Waals surface area contributed by atoms with Crippen molar-refractivity contribution in [3.63, 3.8) is 0 Å². The number of anilines is 3. The monoisotopic (exact) mass is 382 g/mol. The van der Waals surface area contributed by atoms with Crippen molar-refractivity contribution < 1.29 is 23.9 Å². The number of benzene rings is 1. The van der Waals surface area contributed by atoms with Crippen molar-refractivity contribution in [1.29, 1.82) is 0 Å². The van der Waals surface area contributed by atoms with Gasteiger partial charge >= 0.3 is 12.2 Å². The van der Waals surface area contributed by atoms with Gasteiger partial charge in [-0.2, -0.15) is 0 Å². The molecule has 0 spiro atoms. The van der Waals surface area contributed by atoms with Crippen molar-refractivity contribution in [3.8, 4) is 0 Å². The highest BCUT2D eigenvalue weighted by molar-refractivity contribution is 7.80. The average molecular weight is 382 g/mol. The van der Waals surface area contributed by atoms with E-state index in [2.05, 4.69) is 21.3 Å². The molecule has 0 aliphatic rings. The molecule has 1 aromatic carbocycles. The molecule has 1 aromatic rings. The van der Waals surface area contributed by atoms with E-state index in [1.54, 1.807) is 32.9 Å². The third-order valence-electron chi connectivity index (χ3n) is 2.66. The van der Waals surface area contributed by atoms with Crippen molar-refractivity contribution in [2.45, 2.75) is 33.8 Å². The molecule has 142 valence electrons. The highest BCUT2D eigenvalue weighted by Crippen LogP contribution is 2.26. The van der Waals surface area contributed by atoms with Crippen LogP contribution in [0.5, 0.6) is 0 Å². The Morgan fingerprint density at radius 1 is 1.08 bits per heavy atom. The van der Waals surface area contributed by atoms with E-state index in [-0.39, 0.29) is 23.7 Å². The normalized spacial score (nSPS) is 9.88. The zero-order valence-corrected chi connectivity index (χ0v) is 15.8. The summed E-state index contributed by atoms with van der Waals surface area (Å²) in [4.78, 5) is 34.5. The topological polar surface area (TPSA) is 118 Å². The minimum Gasteiger partial charge on any atom is -0.450 e. The third kappa shape index (κ3) is 7.79. The molecule has 0 saturated heterocycles. The lowest BCUT2D eigenvalue weighted by Crippen LogP contribution is -2.34. The van der Waals surface area contributed by atoms with E-state index >= 15 is 0 Å². The molecule has 10 heteroatoms. The second kappa shape index (κ2) is 10.2. The van der Waals surface area contributed by atoms with E-state index in [9.17, 15) is 14.4 Å². The maximum atomic E-state index is 11.7. The fourth-order valence-corrected chi connectivity index (χ4v) is 1.99. The molecule has 26 heavy (non-hydrogen) atoms. The van der Waals surface area contributed by atoms with Gasteiger partial charge < -0.3 is 20.1 Å². The number of amides is 3. The third-order valence-corrected chi connectivity index (χ3v) is 2.86. The second-order valence-electron chi connectivity index (χ2n) is 5.32. The first-order valence-corrected chi connectivity index (χ1v) is 8.26. The Balaban J connectivity index is 2.90. The molecule has 0 saturated carbocycles. The molecule has 0 aromatic heterocycles. The molecule has 0 aliphatic carbocycles. The summed E-state index contributed by atoms with van der Waals surface area (Å²) in [5, 5.41) is 10.3. The fraction of sp³-hybridized carbons (Fsp3) is 0.375. The summed E-state index contributed by atoms with van der Waals surface area (Å²) in [6, 6.07) is 4.69. The number of carbonyl (C=O) groups excluding carboxylic acids is 3. The van der Waals surface area contributed by atoms with E-state index in [1.807, 2.05) is 0 Å². The van der Waals surface area contributed by atoms with Gasteiger partial charge in [-0.05, 0) is 51.2 Å². The highest BCUT2D eigenvalue weighted by Gasteiger charge is 2.12. The van der Waals surface area contributed by atoms with Gasteiger partial charge in [0, 0.05) is 12.6 Å². The Morgan fingerprint density at radius 3 is 2.35 bits per heavy atom. The molecular formula is C16H22N4O5S. The van der Waals surface area contributed by atoms with Crippen LogP contribution in [0.15, 0.2) is 18.2 Å². The van der Waals surface area contributed by atoms with Crippen LogP contribution in [0.1, 0.15) is 27.7 Å². The molecule has 1 rings (SSSR count). The van der Waals surface area contributed by atoms with E-state index in [0.717, 1.165) is 0 Å². The first-order valence-electron chi connectivity index (χ1n) is 7.85. The molecule has 9 nitrogen and oxygen atoms in total. The van der Waals surface area contributed by atoms with Gasteiger partial charge in [0.15, 0.2) is 5.11 Å². The van der Waals surface area contributed by atoms with Crippen LogP contribution in [-0.2, 0) is 14.3 Å². The average Bonchev–Trinajstić information content (AvgIpc) is 2.48. The molecule has 0 heterocycles. The lowest BCUT2D eigenvalue weighted by Gasteiger charge is -2.16. The Morgan fingerprint density at radius 2 is 1.77 bits per heavy atom. The second-order valence-corrected chi connectivity index (χ2v) is 5.73. The summed E-state index contributed by atoms with van der Waals surface area (Å²) in [5.74, 6) is -0.320.